The van der Waals surface area contributed by atoms with Crippen molar-refractivity contribution in [2.45, 2.75) is 32.3 Å². The van der Waals surface area contributed by atoms with Gasteiger partial charge in [0.1, 0.15) is 11.9 Å². The number of ether oxygens (including phenoxy) is 2. The van der Waals surface area contributed by atoms with Gasteiger partial charge in [-0.2, -0.15) is 0 Å². The number of piperidine rings is 1. The third kappa shape index (κ3) is 5.96. The molecule has 0 bridgehead atoms. The number of benzene rings is 1. The Bertz CT molecular complexity index is 741. The number of nitrogens with zero attached hydrogens (tertiary/aromatic N) is 2. The van der Waals surface area contributed by atoms with Crippen LogP contribution < -0.4 is 14.8 Å². The van der Waals surface area contributed by atoms with Crippen LogP contribution in [0.4, 0.5) is 5.69 Å². The Morgan fingerprint density at radius 1 is 1.26 bits per heavy atom. The zero-order valence-corrected chi connectivity index (χ0v) is 16.0. The minimum absolute atomic E-state index is 0.0407. The molecule has 6 nitrogen and oxygen atoms in total. The summed E-state index contributed by atoms with van der Waals surface area (Å²) in [7, 11) is 2.12. The molecule has 1 saturated heterocycles. The van der Waals surface area contributed by atoms with E-state index in [-0.39, 0.29) is 18.6 Å². The van der Waals surface area contributed by atoms with E-state index in [9.17, 15) is 4.79 Å². The fourth-order valence-corrected chi connectivity index (χ4v) is 3.00. The van der Waals surface area contributed by atoms with Gasteiger partial charge in [0.2, 0.25) is 5.88 Å². The summed E-state index contributed by atoms with van der Waals surface area (Å²) in [5.74, 6) is 1.07. The number of hydrogen-bond acceptors (Lipinski definition) is 5. The van der Waals surface area contributed by atoms with Crippen LogP contribution in [0.3, 0.4) is 0 Å². The van der Waals surface area contributed by atoms with Gasteiger partial charge >= 0.3 is 0 Å². The Hall–Kier alpha value is -2.60. The summed E-state index contributed by atoms with van der Waals surface area (Å²) in [4.78, 5) is 18.7. The number of anilines is 1. The van der Waals surface area contributed by atoms with Crippen LogP contribution >= 0.6 is 0 Å². The minimum atomic E-state index is -0.220. The summed E-state index contributed by atoms with van der Waals surface area (Å²) < 4.78 is 11.5. The van der Waals surface area contributed by atoms with E-state index in [4.69, 9.17) is 9.47 Å². The first kappa shape index (κ1) is 19.2. The molecule has 1 aliphatic heterocycles. The molecule has 1 aromatic carbocycles. The molecule has 144 valence electrons. The molecule has 1 fully saturated rings. The number of hydrogen-bond donors (Lipinski definition) is 1. The molecule has 0 radical (unpaired) electrons. The molecule has 0 atom stereocenters. The number of amides is 1. The van der Waals surface area contributed by atoms with Crippen molar-refractivity contribution in [3.05, 3.63) is 48.2 Å². The van der Waals surface area contributed by atoms with Gasteiger partial charge in [0.25, 0.3) is 5.91 Å². The van der Waals surface area contributed by atoms with Crippen LogP contribution in [0, 0.1) is 0 Å². The molecule has 1 aromatic heterocycles. The van der Waals surface area contributed by atoms with E-state index < -0.39 is 0 Å². The molecule has 2 heterocycles. The summed E-state index contributed by atoms with van der Waals surface area (Å²) in [6.07, 6.45) is 4.77. The van der Waals surface area contributed by atoms with Crippen LogP contribution in [-0.4, -0.2) is 48.6 Å². The van der Waals surface area contributed by atoms with Gasteiger partial charge in [0, 0.05) is 19.2 Å². The van der Waals surface area contributed by atoms with E-state index in [1.807, 2.05) is 24.3 Å². The van der Waals surface area contributed by atoms with E-state index in [0.29, 0.717) is 17.3 Å². The van der Waals surface area contributed by atoms with E-state index in [1.54, 1.807) is 18.3 Å². The number of aromatic nitrogens is 1. The molecule has 1 aliphatic rings. The molecule has 0 unspecified atom stereocenters. The highest BCUT2D eigenvalue weighted by atomic mass is 16.5. The molecule has 1 N–H and O–H groups in total. The van der Waals surface area contributed by atoms with Crippen LogP contribution in [0.5, 0.6) is 11.6 Å². The number of rotatable bonds is 7. The van der Waals surface area contributed by atoms with Crippen molar-refractivity contribution in [1.29, 1.82) is 0 Å². The summed E-state index contributed by atoms with van der Waals surface area (Å²) in [6.45, 7) is 4.12. The van der Waals surface area contributed by atoms with Crippen molar-refractivity contribution in [3.8, 4) is 11.6 Å². The highest BCUT2D eigenvalue weighted by Gasteiger charge is 2.18. The fourth-order valence-electron chi connectivity index (χ4n) is 3.00. The SMILES string of the molecule is CCc1cccc(OCC(=O)Nc2ccc(OC3CCN(C)CC3)nc2)c1. The topological polar surface area (TPSA) is 63.7 Å². The average molecular weight is 369 g/mol. The van der Waals surface area contributed by atoms with Gasteiger partial charge in [0.15, 0.2) is 6.61 Å². The summed E-state index contributed by atoms with van der Waals surface area (Å²) >= 11 is 0. The number of carbonyl (C=O) groups is 1. The smallest absolute Gasteiger partial charge is 0.262 e. The number of likely N-dealkylation sites (tertiary alicyclic amines) is 1. The molecule has 6 heteroatoms. The Labute approximate surface area is 160 Å². The Kier molecular flexibility index (Phi) is 6.65. The molecule has 1 amide bonds. The molecule has 0 spiro atoms. The predicted octanol–water partition coefficient (Wildman–Crippen LogP) is 3.13. The molecule has 0 saturated carbocycles. The van der Waals surface area contributed by atoms with Gasteiger partial charge in [-0.1, -0.05) is 19.1 Å². The quantitative estimate of drug-likeness (QED) is 0.812. The Morgan fingerprint density at radius 3 is 2.78 bits per heavy atom. The van der Waals surface area contributed by atoms with Gasteiger partial charge in [0.05, 0.1) is 11.9 Å². The summed E-state index contributed by atoms with van der Waals surface area (Å²) in [5, 5.41) is 2.79. The highest BCUT2D eigenvalue weighted by molar-refractivity contribution is 5.91. The molecular weight excluding hydrogens is 342 g/mol. The van der Waals surface area contributed by atoms with E-state index in [1.165, 1.54) is 5.56 Å². The Balaban J connectivity index is 1.45. The standard InChI is InChI=1S/C21H27N3O3/c1-3-16-5-4-6-19(13-16)26-15-20(25)23-17-7-8-21(22-14-17)27-18-9-11-24(2)12-10-18/h4-8,13-14,18H,3,9-12,15H2,1-2H3,(H,23,25). The van der Waals surface area contributed by atoms with Gasteiger partial charge in [-0.05, 0) is 50.1 Å². The second-order valence-electron chi connectivity index (χ2n) is 6.84. The van der Waals surface area contributed by atoms with Crippen LogP contribution in [0.25, 0.3) is 0 Å². The van der Waals surface area contributed by atoms with Gasteiger partial charge in [-0.3, -0.25) is 4.79 Å². The summed E-state index contributed by atoms with van der Waals surface area (Å²) in [5.41, 5.74) is 1.80. The van der Waals surface area contributed by atoms with Crippen molar-refractivity contribution >= 4 is 11.6 Å². The van der Waals surface area contributed by atoms with Gasteiger partial charge in [-0.25, -0.2) is 4.98 Å². The van der Waals surface area contributed by atoms with Crippen LogP contribution in [-0.2, 0) is 11.2 Å². The first-order chi connectivity index (χ1) is 13.1. The fraction of sp³-hybridized carbons (Fsp3) is 0.429. The van der Waals surface area contributed by atoms with Crippen molar-refractivity contribution < 1.29 is 14.3 Å². The van der Waals surface area contributed by atoms with Crippen LogP contribution in [0.2, 0.25) is 0 Å². The lowest BCUT2D eigenvalue weighted by molar-refractivity contribution is -0.118. The van der Waals surface area contributed by atoms with E-state index in [0.717, 1.165) is 32.4 Å². The van der Waals surface area contributed by atoms with Crippen molar-refractivity contribution in [2.24, 2.45) is 0 Å². The maximum atomic E-state index is 12.1. The minimum Gasteiger partial charge on any atom is -0.484 e. The normalized spacial score (nSPS) is 15.3. The monoisotopic (exact) mass is 369 g/mol. The Morgan fingerprint density at radius 2 is 2.07 bits per heavy atom. The second kappa shape index (κ2) is 9.37. The molecule has 27 heavy (non-hydrogen) atoms. The summed E-state index contributed by atoms with van der Waals surface area (Å²) in [6, 6.07) is 11.4. The molecule has 0 aliphatic carbocycles. The highest BCUT2D eigenvalue weighted by Crippen LogP contribution is 2.18. The lowest BCUT2D eigenvalue weighted by Crippen LogP contribution is -2.35. The largest absolute Gasteiger partial charge is 0.484 e. The first-order valence-electron chi connectivity index (χ1n) is 9.45. The zero-order chi connectivity index (χ0) is 19.1. The molecule has 3 rings (SSSR count). The predicted molar refractivity (Wildman–Crippen MR) is 105 cm³/mol. The molecule has 2 aromatic rings. The molecular formula is C21H27N3O3. The van der Waals surface area contributed by atoms with E-state index >= 15 is 0 Å². The lowest BCUT2D eigenvalue weighted by atomic mass is 10.1. The second-order valence-corrected chi connectivity index (χ2v) is 6.84. The van der Waals surface area contributed by atoms with Gasteiger partial charge in [-0.15, -0.1) is 0 Å². The zero-order valence-electron chi connectivity index (χ0n) is 16.0. The van der Waals surface area contributed by atoms with Crippen LogP contribution in [0.1, 0.15) is 25.3 Å². The third-order valence-corrected chi connectivity index (χ3v) is 4.65. The third-order valence-electron chi connectivity index (χ3n) is 4.65. The lowest BCUT2D eigenvalue weighted by Gasteiger charge is -2.28. The first-order valence-corrected chi connectivity index (χ1v) is 9.45. The average Bonchev–Trinajstić information content (AvgIpc) is 2.70. The van der Waals surface area contributed by atoms with Gasteiger partial charge < -0.3 is 19.7 Å². The van der Waals surface area contributed by atoms with Crippen molar-refractivity contribution in [3.63, 3.8) is 0 Å². The maximum Gasteiger partial charge on any atom is 0.262 e. The van der Waals surface area contributed by atoms with E-state index in [2.05, 4.69) is 29.2 Å². The number of carbonyl (C=O) groups excluding carboxylic acids is 1. The van der Waals surface area contributed by atoms with Crippen molar-refractivity contribution in [1.82, 2.24) is 9.88 Å². The maximum absolute atomic E-state index is 12.1. The number of nitrogens with one attached hydrogen (secondary N) is 1. The number of pyridine rings is 1. The van der Waals surface area contributed by atoms with Crippen molar-refractivity contribution in [2.75, 3.05) is 32.1 Å². The van der Waals surface area contributed by atoms with Crippen LogP contribution in [0.15, 0.2) is 42.6 Å². The number of aryl methyl sites for hydroxylation is 1.